The van der Waals surface area contributed by atoms with Gasteiger partial charge in [-0.05, 0) is 15.9 Å². The summed E-state index contributed by atoms with van der Waals surface area (Å²) in [5.74, 6) is 0. The van der Waals surface area contributed by atoms with E-state index in [1.54, 1.807) is 6.20 Å². The van der Waals surface area contributed by atoms with Gasteiger partial charge in [-0.3, -0.25) is 0 Å². The molecule has 5 heteroatoms. The summed E-state index contributed by atoms with van der Waals surface area (Å²) in [6, 6.07) is 0. The van der Waals surface area contributed by atoms with Crippen molar-refractivity contribution in [1.29, 1.82) is 0 Å². The molecular weight excluding hydrogens is 242 g/mol. The molecule has 0 spiro atoms. The van der Waals surface area contributed by atoms with Crippen molar-refractivity contribution in [3.8, 4) is 5.19 Å². The van der Waals surface area contributed by atoms with Gasteiger partial charge in [0.05, 0.1) is 23.2 Å². The zero-order valence-corrected chi connectivity index (χ0v) is 8.73. The molecule has 2 rings (SSSR count). The van der Waals surface area contributed by atoms with Gasteiger partial charge in [-0.25, -0.2) is 4.98 Å². The standard InChI is InChI=1S/C7H8BrNO2S/c8-6-3-9-7(12-6)11-5-1-2-10-4-5/h3,5H,1-2,4H2. The van der Waals surface area contributed by atoms with E-state index in [1.807, 2.05) is 0 Å². The Morgan fingerprint density at radius 3 is 3.25 bits per heavy atom. The van der Waals surface area contributed by atoms with Crippen LogP contribution >= 0.6 is 27.3 Å². The summed E-state index contributed by atoms with van der Waals surface area (Å²) >= 11 is 4.83. The van der Waals surface area contributed by atoms with E-state index in [-0.39, 0.29) is 6.10 Å². The van der Waals surface area contributed by atoms with Crippen molar-refractivity contribution in [2.24, 2.45) is 0 Å². The van der Waals surface area contributed by atoms with Crippen LogP contribution in [0.25, 0.3) is 0 Å². The van der Waals surface area contributed by atoms with E-state index in [0.29, 0.717) is 6.61 Å². The van der Waals surface area contributed by atoms with Gasteiger partial charge < -0.3 is 9.47 Å². The van der Waals surface area contributed by atoms with Crippen LogP contribution in [0.3, 0.4) is 0 Å². The number of aromatic nitrogens is 1. The molecule has 3 nitrogen and oxygen atoms in total. The smallest absolute Gasteiger partial charge is 0.274 e. The van der Waals surface area contributed by atoms with Gasteiger partial charge in [0.2, 0.25) is 0 Å². The lowest BCUT2D eigenvalue weighted by Gasteiger charge is -2.06. The number of rotatable bonds is 2. The molecule has 0 radical (unpaired) electrons. The highest BCUT2D eigenvalue weighted by molar-refractivity contribution is 9.11. The molecule has 12 heavy (non-hydrogen) atoms. The van der Waals surface area contributed by atoms with Crippen molar-refractivity contribution in [3.63, 3.8) is 0 Å². The molecule has 1 unspecified atom stereocenters. The van der Waals surface area contributed by atoms with E-state index in [9.17, 15) is 0 Å². The van der Waals surface area contributed by atoms with E-state index in [0.717, 1.165) is 22.0 Å². The summed E-state index contributed by atoms with van der Waals surface area (Å²) in [7, 11) is 0. The Bertz CT molecular complexity index is 260. The summed E-state index contributed by atoms with van der Waals surface area (Å²) in [5.41, 5.74) is 0. The zero-order valence-electron chi connectivity index (χ0n) is 6.33. The van der Waals surface area contributed by atoms with Crippen LogP contribution in [0.4, 0.5) is 0 Å². The maximum absolute atomic E-state index is 5.55. The largest absolute Gasteiger partial charge is 0.464 e. The molecular formula is C7H8BrNO2S. The Balaban J connectivity index is 1.94. The number of nitrogens with zero attached hydrogens (tertiary/aromatic N) is 1. The molecule has 0 amide bonds. The Hall–Kier alpha value is -0.130. The molecule has 1 aliphatic heterocycles. The zero-order chi connectivity index (χ0) is 8.39. The third-order valence-corrected chi connectivity index (χ3v) is 2.98. The Labute approximate surface area is 82.8 Å². The molecule has 66 valence electrons. The predicted octanol–water partition coefficient (Wildman–Crippen LogP) is 2.07. The second-order valence-electron chi connectivity index (χ2n) is 2.53. The summed E-state index contributed by atoms with van der Waals surface area (Å²) in [5, 5.41) is 0.720. The van der Waals surface area contributed by atoms with Gasteiger partial charge in [0.25, 0.3) is 5.19 Å². The lowest BCUT2D eigenvalue weighted by Crippen LogP contribution is -2.15. The van der Waals surface area contributed by atoms with Crippen LogP contribution < -0.4 is 4.74 Å². The first-order chi connectivity index (χ1) is 5.84. The number of halogens is 1. The van der Waals surface area contributed by atoms with Crippen LogP contribution in [-0.2, 0) is 4.74 Å². The summed E-state index contributed by atoms with van der Waals surface area (Å²) < 4.78 is 11.7. The van der Waals surface area contributed by atoms with E-state index >= 15 is 0 Å². The second-order valence-corrected chi connectivity index (χ2v) is 4.91. The van der Waals surface area contributed by atoms with Crippen LogP contribution in [0.1, 0.15) is 6.42 Å². The fourth-order valence-electron chi connectivity index (χ4n) is 1.04. The minimum atomic E-state index is 0.197. The maximum Gasteiger partial charge on any atom is 0.274 e. The highest BCUT2D eigenvalue weighted by atomic mass is 79.9. The minimum absolute atomic E-state index is 0.197. The molecule has 0 aliphatic carbocycles. The van der Waals surface area contributed by atoms with Crippen LogP contribution in [0, 0.1) is 0 Å². The third-order valence-electron chi connectivity index (χ3n) is 1.61. The maximum atomic E-state index is 5.55. The van der Waals surface area contributed by atoms with Gasteiger partial charge in [-0.15, -0.1) is 0 Å². The van der Waals surface area contributed by atoms with Gasteiger partial charge in [-0.2, -0.15) is 0 Å². The molecule has 1 aliphatic rings. The Morgan fingerprint density at radius 1 is 1.75 bits per heavy atom. The molecule has 2 heterocycles. The first-order valence-electron chi connectivity index (χ1n) is 3.70. The molecule has 1 aromatic heterocycles. The van der Waals surface area contributed by atoms with Gasteiger partial charge >= 0.3 is 0 Å². The summed E-state index contributed by atoms with van der Waals surface area (Å²) in [6.07, 6.45) is 2.91. The van der Waals surface area contributed by atoms with Crippen molar-refractivity contribution in [2.45, 2.75) is 12.5 Å². The topological polar surface area (TPSA) is 31.4 Å². The lowest BCUT2D eigenvalue weighted by atomic mass is 10.3. The minimum Gasteiger partial charge on any atom is -0.464 e. The molecule has 0 bridgehead atoms. The molecule has 0 saturated carbocycles. The first-order valence-corrected chi connectivity index (χ1v) is 5.31. The van der Waals surface area contributed by atoms with E-state index in [2.05, 4.69) is 20.9 Å². The lowest BCUT2D eigenvalue weighted by molar-refractivity contribution is 0.141. The molecule has 1 atom stereocenters. The molecule has 1 fully saturated rings. The average molecular weight is 250 g/mol. The highest BCUT2D eigenvalue weighted by Gasteiger charge is 2.18. The number of hydrogen-bond acceptors (Lipinski definition) is 4. The van der Waals surface area contributed by atoms with Crippen LogP contribution in [0.2, 0.25) is 0 Å². The van der Waals surface area contributed by atoms with Crippen molar-refractivity contribution < 1.29 is 9.47 Å². The van der Waals surface area contributed by atoms with Crippen LogP contribution in [0.15, 0.2) is 9.98 Å². The van der Waals surface area contributed by atoms with Gasteiger partial charge in [0, 0.05) is 6.42 Å². The van der Waals surface area contributed by atoms with Crippen LogP contribution in [-0.4, -0.2) is 24.3 Å². The monoisotopic (exact) mass is 249 g/mol. The van der Waals surface area contributed by atoms with Gasteiger partial charge in [-0.1, -0.05) is 11.3 Å². The highest BCUT2D eigenvalue weighted by Crippen LogP contribution is 2.27. The molecule has 0 N–H and O–H groups in total. The van der Waals surface area contributed by atoms with Gasteiger partial charge in [0.1, 0.15) is 6.10 Å². The van der Waals surface area contributed by atoms with E-state index < -0.39 is 0 Å². The van der Waals surface area contributed by atoms with E-state index in [4.69, 9.17) is 9.47 Å². The van der Waals surface area contributed by atoms with Crippen molar-refractivity contribution in [1.82, 2.24) is 4.98 Å². The van der Waals surface area contributed by atoms with Gasteiger partial charge in [0.15, 0.2) is 0 Å². The normalized spacial score (nSPS) is 22.9. The first kappa shape index (κ1) is 8.47. The number of hydrogen-bond donors (Lipinski definition) is 0. The van der Waals surface area contributed by atoms with Crippen molar-refractivity contribution in [3.05, 3.63) is 9.98 Å². The fraction of sp³-hybridized carbons (Fsp3) is 0.571. The molecule has 0 aromatic carbocycles. The molecule has 1 aromatic rings. The summed E-state index contributed by atoms with van der Waals surface area (Å²) in [6.45, 7) is 1.49. The van der Waals surface area contributed by atoms with E-state index in [1.165, 1.54) is 11.3 Å². The number of thiazole rings is 1. The summed E-state index contributed by atoms with van der Waals surface area (Å²) in [4.78, 5) is 4.07. The SMILES string of the molecule is Brc1cnc(OC2CCOC2)s1. The predicted molar refractivity (Wildman–Crippen MR) is 49.7 cm³/mol. The Kier molecular flexibility index (Phi) is 2.63. The second kappa shape index (κ2) is 3.72. The third kappa shape index (κ3) is 1.97. The van der Waals surface area contributed by atoms with Crippen molar-refractivity contribution >= 4 is 27.3 Å². The molecule has 1 saturated heterocycles. The quantitative estimate of drug-likeness (QED) is 0.805. The Morgan fingerprint density at radius 2 is 2.67 bits per heavy atom. The van der Waals surface area contributed by atoms with Crippen LogP contribution in [0.5, 0.6) is 5.19 Å². The van der Waals surface area contributed by atoms with Crippen molar-refractivity contribution in [2.75, 3.05) is 13.2 Å². The average Bonchev–Trinajstić information content (AvgIpc) is 2.63. The fourth-order valence-corrected chi connectivity index (χ4v) is 2.12. The number of ether oxygens (including phenoxy) is 2.